The summed E-state index contributed by atoms with van der Waals surface area (Å²) in [6.45, 7) is 0. The Morgan fingerprint density at radius 2 is 1.46 bits per heavy atom. The molecule has 1 aromatic rings. The molecule has 0 aliphatic heterocycles. The fourth-order valence-electron chi connectivity index (χ4n) is 0.728. The molecule has 13 heavy (non-hydrogen) atoms. The Morgan fingerprint density at radius 3 is 1.77 bits per heavy atom. The Balaban J connectivity index is 0.00000144. The number of rotatable bonds is 1. The smallest absolute Gasteiger partial charge is 0.335 e. The number of phenolic OH excluding ortho intramolecular Hbond substituents is 3. The van der Waals surface area contributed by atoms with Crippen LogP contribution in [0, 0.1) is 0 Å². The van der Waals surface area contributed by atoms with Gasteiger partial charge in [0.1, 0.15) is 0 Å². The molecule has 0 saturated carbocycles. The number of carboxylic acid groups (broad SMARTS) is 1. The van der Waals surface area contributed by atoms with Crippen molar-refractivity contribution in [2.45, 2.75) is 0 Å². The third kappa shape index (κ3) is 2.05. The van der Waals surface area contributed by atoms with E-state index in [2.05, 4.69) is 0 Å². The van der Waals surface area contributed by atoms with Crippen LogP contribution in [-0.4, -0.2) is 34.8 Å². The highest BCUT2D eigenvalue weighted by molar-refractivity contribution is 5.89. The van der Waals surface area contributed by atoms with E-state index in [-0.39, 0.29) is 14.0 Å². The predicted octanol–water partition coefficient (Wildman–Crippen LogP) is -0.682. The summed E-state index contributed by atoms with van der Waals surface area (Å²) in [6, 6.07) is 1.69. The monoisotopic (exact) mass is 184 g/mol. The zero-order valence-corrected chi connectivity index (χ0v) is 5.85. The molecule has 0 fully saturated rings. The van der Waals surface area contributed by atoms with Crippen LogP contribution in [0.2, 0.25) is 0 Å². The zero-order valence-electron chi connectivity index (χ0n) is 5.85. The highest BCUT2D eigenvalue weighted by Crippen LogP contribution is 2.35. The van der Waals surface area contributed by atoms with Gasteiger partial charge in [0, 0.05) is 0 Å². The zero-order chi connectivity index (χ0) is 9.30. The lowest BCUT2D eigenvalue weighted by molar-refractivity contribution is 0.0696. The highest BCUT2D eigenvalue weighted by atomic mass is 16.4. The lowest BCUT2D eigenvalue weighted by Gasteiger charge is -2.01. The lowest BCUT2D eigenvalue weighted by atomic mass is 10.2. The van der Waals surface area contributed by atoms with Crippen molar-refractivity contribution in [3.05, 3.63) is 17.7 Å². The molecule has 0 aromatic heterocycles. The summed E-state index contributed by atoms with van der Waals surface area (Å²) in [5.74, 6) is -3.33. The second kappa shape index (κ2) is 3.71. The summed E-state index contributed by atoms with van der Waals surface area (Å²) in [5.41, 5.74) is -0.289. The third-order valence-electron chi connectivity index (χ3n) is 1.32. The van der Waals surface area contributed by atoms with E-state index in [4.69, 9.17) is 20.4 Å². The topological polar surface area (TPSA) is 98.0 Å². The predicted molar refractivity (Wildman–Crippen MR) is 48.3 cm³/mol. The van der Waals surface area contributed by atoms with Gasteiger partial charge in [-0.25, -0.2) is 4.79 Å². The van der Waals surface area contributed by atoms with Crippen LogP contribution >= 0.6 is 0 Å². The number of phenols is 3. The molecule has 1 rings (SSSR count). The summed E-state index contributed by atoms with van der Waals surface area (Å²) >= 11 is 0. The van der Waals surface area contributed by atoms with Crippen molar-refractivity contribution in [1.29, 1.82) is 0 Å². The summed E-state index contributed by atoms with van der Waals surface area (Å²) in [4.78, 5) is 10.3. The molecule has 0 aliphatic rings. The molecule has 0 spiro atoms. The first-order chi connectivity index (χ1) is 5.52. The number of hydrogen-bond acceptors (Lipinski definition) is 4. The van der Waals surface area contributed by atoms with Crippen LogP contribution in [0.5, 0.6) is 17.2 Å². The second-order valence-corrected chi connectivity index (χ2v) is 2.17. The normalized spacial score (nSPS) is 8.92. The summed E-state index contributed by atoms with van der Waals surface area (Å²) in [6.07, 6.45) is 0. The van der Waals surface area contributed by atoms with Gasteiger partial charge in [0.15, 0.2) is 17.2 Å². The maximum absolute atomic E-state index is 10.3. The van der Waals surface area contributed by atoms with Gasteiger partial charge in [0.2, 0.25) is 0 Å². The van der Waals surface area contributed by atoms with E-state index in [0.717, 1.165) is 12.1 Å². The van der Waals surface area contributed by atoms with E-state index in [1.54, 1.807) is 0 Å². The molecule has 0 radical (unpaired) electrons. The van der Waals surface area contributed by atoms with Crippen LogP contribution in [0.1, 0.15) is 10.4 Å². The van der Waals surface area contributed by atoms with Gasteiger partial charge in [-0.05, 0) is 12.1 Å². The molecule has 5 nitrogen and oxygen atoms in total. The van der Waals surface area contributed by atoms with Crippen LogP contribution in [0.15, 0.2) is 12.1 Å². The van der Waals surface area contributed by atoms with E-state index in [1.165, 1.54) is 0 Å². The summed E-state index contributed by atoms with van der Waals surface area (Å²) in [7, 11) is 0. The average Bonchev–Trinajstić information content (AvgIpc) is 1.99. The first kappa shape index (κ1) is 11.2. The van der Waals surface area contributed by atoms with E-state index in [9.17, 15) is 4.79 Å². The molecule has 1 aromatic carbocycles. The van der Waals surface area contributed by atoms with E-state index < -0.39 is 23.2 Å². The minimum absolute atomic E-state index is 0. The second-order valence-electron chi connectivity index (χ2n) is 2.17. The van der Waals surface area contributed by atoms with Crippen LogP contribution in [0.25, 0.3) is 0 Å². The fraction of sp³-hybridized carbons (Fsp3) is 0. The van der Waals surface area contributed by atoms with Crippen LogP contribution in [0.3, 0.4) is 0 Å². The molecular formula is C7H9BO5. The van der Waals surface area contributed by atoms with Crippen LogP contribution < -0.4 is 0 Å². The Kier molecular flexibility index (Phi) is 3.18. The quantitative estimate of drug-likeness (QED) is 0.342. The van der Waals surface area contributed by atoms with E-state index >= 15 is 0 Å². The standard InChI is InChI=1S/C7H6O5.BH3/c8-4-1-3(7(11)12)2-5(9)6(4)10;/h1-2,8-10H,(H,11,12);1H3. The lowest BCUT2D eigenvalue weighted by Crippen LogP contribution is -1.95. The molecule has 0 aliphatic carbocycles. The SMILES string of the molecule is B.O=C(O)c1cc(O)c(O)c(O)c1. The molecule has 0 unspecified atom stereocenters. The van der Waals surface area contributed by atoms with Crippen LogP contribution in [0.4, 0.5) is 0 Å². The molecule has 4 N–H and O–H groups in total. The first-order valence-electron chi connectivity index (χ1n) is 3.00. The van der Waals surface area contributed by atoms with Gasteiger partial charge in [-0.3, -0.25) is 0 Å². The number of benzene rings is 1. The van der Waals surface area contributed by atoms with Gasteiger partial charge < -0.3 is 20.4 Å². The maximum atomic E-state index is 10.3. The number of hydrogen-bond donors (Lipinski definition) is 4. The average molecular weight is 184 g/mol. The molecule has 0 bridgehead atoms. The first-order valence-corrected chi connectivity index (χ1v) is 3.00. The molecule has 0 amide bonds. The number of aromatic carboxylic acids is 1. The van der Waals surface area contributed by atoms with Crippen molar-refractivity contribution in [3.8, 4) is 17.2 Å². The maximum Gasteiger partial charge on any atom is 0.335 e. The van der Waals surface area contributed by atoms with Crippen molar-refractivity contribution < 1.29 is 25.2 Å². The van der Waals surface area contributed by atoms with E-state index in [1.807, 2.05) is 0 Å². The Morgan fingerprint density at radius 1 is 1.08 bits per heavy atom. The Labute approximate surface area is 75.5 Å². The summed E-state index contributed by atoms with van der Waals surface area (Å²) in [5, 5.41) is 35.0. The van der Waals surface area contributed by atoms with Gasteiger partial charge in [-0.2, -0.15) is 0 Å². The fourth-order valence-corrected chi connectivity index (χ4v) is 0.728. The van der Waals surface area contributed by atoms with Gasteiger partial charge in [0.25, 0.3) is 0 Å². The molecular weight excluding hydrogens is 175 g/mol. The van der Waals surface area contributed by atoms with Gasteiger partial charge in [-0.1, -0.05) is 0 Å². The van der Waals surface area contributed by atoms with Gasteiger partial charge >= 0.3 is 5.97 Å². The van der Waals surface area contributed by atoms with E-state index in [0.29, 0.717) is 0 Å². The van der Waals surface area contributed by atoms with Crippen molar-refractivity contribution in [3.63, 3.8) is 0 Å². The van der Waals surface area contributed by atoms with Gasteiger partial charge in [0.05, 0.1) is 14.0 Å². The number of aromatic hydroxyl groups is 3. The third-order valence-corrected chi connectivity index (χ3v) is 1.32. The number of carbonyl (C=O) groups is 1. The Hall–Kier alpha value is -1.85. The molecule has 0 atom stereocenters. The van der Waals surface area contributed by atoms with Gasteiger partial charge in [-0.15, -0.1) is 0 Å². The molecule has 70 valence electrons. The van der Waals surface area contributed by atoms with Crippen molar-refractivity contribution >= 4 is 14.4 Å². The van der Waals surface area contributed by atoms with Crippen molar-refractivity contribution in [2.75, 3.05) is 0 Å². The summed E-state index contributed by atoms with van der Waals surface area (Å²) < 4.78 is 0. The molecule has 0 heterocycles. The largest absolute Gasteiger partial charge is 0.504 e. The Bertz CT molecular complexity index is 313. The highest BCUT2D eigenvalue weighted by Gasteiger charge is 2.11. The van der Waals surface area contributed by atoms with Crippen LogP contribution in [-0.2, 0) is 0 Å². The molecule has 0 saturated heterocycles. The molecule has 6 heteroatoms. The van der Waals surface area contributed by atoms with Crippen molar-refractivity contribution in [2.24, 2.45) is 0 Å². The number of carboxylic acids is 1. The minimum Gasteiger partial charge on any atom is -0.504 e. The van der Waals surface area contributed by atoms with Crippen molar-refractivity contribution in [1.82, 2.24) is 0 Å². The minimum atomic E-state index is -1.29.